The lowest BCUT2D eigenvalue weighted by Gasteiger charge is -2.46. The van der Waals surface area contributed by atoms with Crippen molar-refractivity contribution in [2.45, 2.75) is 49.9 Å². The third kappa shape index (κ3) is 1.22. The molecule has 0 aromatic carbocycles. The van der Waals surface area contributed by atoms with E-state index in [2.05, 4.69) is 10.2 Å². The Morgan fingerprint density at radius 1 is 1.00 bits per heavy atom. The largest absolute Gasteiger partial charge is 0.393 e. The number of aliphatic hydroxyl groups excluding tert-OH is 1. The first-order valence-electron chi connectivity index (χ1n) is 5.51. The van der Waals surface area contributed by atoms with Crippen molar-refractivity contribution in [3.05, 3.63) is 0 Å². The van der Waals surface area contributed by atoms with Gasteiger partial charge in [-0.3, -0.25) is 4.90 Å². The first-order chi connectivity index (χ1) is 6.34. The van der Waals surface area contributed by atoms with Gasteiger partial charge in [0, 0.05) is 31.2 Å². The second-order valence-electron chi connectivity index (χ2n) is 4.77. The fraction of sp³-hybridized carbons (Fsp3) is 1.00. The summed E-state index contributed by atoms with van der Waals surface area (Å²) in [5, 5.41) is 13.0. The minimum absolute atomic E-state index is 0.0122. The second-order valence-corrected chi connectivity index (χ2v) is 4.77. The molecule has 3 heterocycles. The van der Waals surface area contributed by atoms with Gasteiger partial charge in [-0.1, -0.05) is 0 Å². The van der Waals surface area contributed by atoms with Crippen molar-refractivity contribution in [3.63, 3.8) is 0 Å². The van der Waals surface area contributed by atoms with Crippen molar-refractivity contribution in [2.75, 3.05) is 13.1 Å². The number of fused-ring (bicyclic) bond motifs is 2. The minimum Gasteiger partial charge on any atom is -0.393 e. The van der Waals surface area contributed by atoms with Gasteiger partial charge in [0.15, 0.2) is 0 Å². The zero-order chi connectivity index (χ0) is 8.84. The van der Waals surface area contributed by atoms with E-state index in [1.165, 1.54) is 25.9 Å². The maximum atomic E-state index is 9.64. The molecule has 0 spiro atoms. The molecule has 3 saturated heterocycles. The number of rotatable bonds is 1. The number of hydrogen-bond acceptors (Lipinski definition) is 3. The molecule has 0 aliphatic carbocycles. The van der Waals surface area contributed by atoms with Gasteiger partial charge in [-0.15, -0.1) is 0 Å². The molecule has 3 nitrogen and oxygen atoms in total. The predicted molar refractivity (Wildman–Crippen MR) is 50.5 cm³/mol. The van der Waals surface area contributed by atoms with Crippen LogP contribution in [0.15, 0.2) is 0 Å². The number of piperidine rings is 1. The average Bonchev–Trinajstić information content (AvgIpc) is 2.30. The Bertz CT molecular complexity index is 191. The molecule has 2 bridgehead atoms. The quantitative estimate of drug-likeness (QED) is 0.596. The number of hydrogen-bond donors (Lipinski definition) is 2. The SMILES string of the molecule is OC1C[C@H]2CC[C@@H](C1)N2C1CNC1. The summed E-state index contributed by atoms with van der Waals surface area (Å²) < 4.78 is 0. The number of aliphatic hydroxyl groups is 1. The minimum atomic E-state index is -0.0122. The zero-order valence-electron chi connectivity index (χ0n) is 7.95. The highest BCUT2D eigenvalue weighted by Gasteiger charge is 2.44. The third-order valence-corrected chi connectivity index (χ3v) is 3.95. The van der Waals surface area contributed by atoms with Gasteiger partial charge in [-0.05, 0) is 25.7 Å². The van der Waals surface area contributed by atoms with Crippen molar-refractivity contribution in [3.8, 4) is 0 Å². The Labute approximate surface area is 79.1 Å². The van der Waals surface area contributed by atoms with Gasteiger partial charge in [-0.25, -0.2) is 0 Å². The van der Waals surface area contributed by atoms with E-state index in [-0.39, 0.29) is 6.10 Å². The molecule has 3 heteroatoms. The van der Waals surface area contributed by atoms with Gasteiger partial charge < -0.3 is 10.4 Å². The molecular formula is C10H18N2O. The molecule has 3 aliphatic rings. The summed E-state index contributed by atoms with van der Waals surface area (Å²) in [4.78, 5) is 2.68. The lowest BCUT2D eigenvalue weighted by Crippen LogP contribution is -2.62. The van der Waals surface area contributed by atoms with Crippen LogP contribution in [0.1, 0.15) is 25.7 Å². The predicted octanol–water partition coefficient (Wildman–Crippen LogP) is -0.0541. The van der Waals surface area contributed by atoms with Crippen LogP contribution in [0.2, 0.25) is 0 Å². The molecule has 0 saturated carbocycles. The van der Waals surface area contributed by atoms with E-state index in [9.17, 15) is 5.11 Å². The summed E-state index contributed by atoms with van der Waals surface area (Å²) in [5.74, 6) is 0. The summed E-state index contributed by atoms with van der Waals surface area (Å²) in [7, 11) is 0. The smallest absolute Gasteiger partial charge is 0.0570 e. The highest BCUT2D eigenvalue weighted by Crippen LogP contribution is 2.37. The topological polar surface area (TPSA) is 35.5 Å². The molecule has 0 amide bonds. The average molecular weight is 182 g/mol. The van der Waals surface area contributed by atoms with Gasteiger partial charge in [-0.2, -0.15) is 0 Å². The van der Waals surface area contributed by atoms with Crippen LogP contribution in [0, 0.1) is 0 Å². The van der Waals surface area contributed by atoms with Crippen LogP contribution in [0.25, 0.3) is 0 Å². The molecule has 3 rings (SSSR count). The van der Waals surface area contributed by atoms with E-state index < -0.39 is 0 Å². The van der Waals surface area contributed by atoms with E-state index in [0.29, 0.717) is 12.1 Å². The highest BCUT2D eigenvalue weighted by atomic mass is 16.3. The van der Waals surface area contributed by atoms with Crippen molar-refractivity contribution >= 4 is 0 Å². The van der Waals surface area contributed by atoms with Crippen LogP contribution in [0.3, 0.4) is 0 Å². The molecule has 1 unspecified atom stereocenters. The van der Waals surface area contributed by atoms with E-state index >= 15 is 0 Å². The molecule has 0 aromatic rings. The van der Waals surface area contributed by atoms with E-state index in [4.69, 9.17) is 0 Å². The Balaban J connectivity index is 1.74. The second kappa shape index (κ2) is 2.94. The Morgan fingerprint density at radius 2 is 1.62 bits per heavy atom. The van der Waals surface area contributed by atoms with Crippen LogP contribution < -0.4 is 5.32 Å². The first-order valence-corrected chi connectivity index (χ1v) is 5.51. The van der Waals surface area contributed by atoms with Crippen LogP contribution in [0.4, 0.5) is 0 Å². The van der Waals surface area contributed by atoms with Crippen LogP contribution in [-0.2, 0) is 0 Å². The molecule has 0 aromatic heterocycles. The highest BCUT2D eigenvalue weighted by molar-refractivity contribution is 5.01. The third-order valence-electron chi connectivity index (χ3n) is 3.95. The molecule has 74 valence electrons. The van der Waals surface area contributed by atoms with Crippen molar-refractivity contribution < 1.29 is 5.11 Å². The summed E-state index contributed by atoms with van der Waals surface area (Å²) in [6.45, 7) is 2.34. The normalized spacial score (nSPS) is 46.4. The zero-order valence-corrected chi connectivity index (χ0v) is 7.95. The number of nitrogens with zero attached hydrogens (tertiary/aromatic N) is 1. The molecule has 3 atom stereocenters. The van der Waals surface area contributed by atoms with Crippen LogP contribution in [-0.4, -0.2) is 47.3 Å². The van der Waals surface area contributed by atoms with E-state index in [1.807, 2.05) is 0 Å². The van der Waals surface area contributed by atoms with Crippen LogP contribution in [0.5, 0.6) is 0 Å². The summed E-state index contributed by atoms with van der Waals surface area (Å²) >= 11 is 0. The molecule has 2 N–H and O–H groups in total. The molecule has 3 aliphatic heterocycles. The van der Waals surface area contributed by atoms with Crippen molar-refractivity contribution in [2.24, 2.45) is 0 Å². The summed E-state index contributed by atoms with van der Waals surface area (Å²) in [5.41, 5.74) is 0. The van der Waals surface area contributed by atoms with Crippen LogP contribution >= 0.6 is 0 Å². The Morgan fingerprint density at radius 3 is 2.08 bits per heavy atom. The molecular weight excluding hydrogens is 164 g/mol. The number of nitrogens with one attached hydrogen (secondary N) is 1. The Kier molecular flexibility index (Phi) is 1.86. The lowest BCUT2D eigenvalue weighted by atomic mass is 9.96. The van der Waals surface area contributed by atoms with Crippen molar-refractivity contribution in [1.29, 1.82) is 0 Å². The maximum absolute atomic E-state index is 9.64. The Hall–Kier alpha value is -0.120. The molecule has 13 heavy (non-hydrogen) atoms. The van der Waals surface area contributed by atoms with Gasteiger partial charge in [0.25, 0.3) is 0 Å². The maximum Gasteiger partial charge on any atom is 0.0570 e. The van der Waals surface area contributed by atoms with Gasteiger partial charge >= 0.3 is 0 Å². The molecule has 3 fully saturated rings. The monoisotopic (exact) mass is 182 g/mol. The fourth-order valence-corrected chi connectivity index (χ4v) is 3.27. The standard InChI is InChI=1S/C10H18N2O/c13-10-3-7-1-2-8(4-10)12(7)9-5-11-6-9/h7-11,13H,1-6H2/t7-,8+,10?. The summed E-state index contributed by atoms with van der Waals surface area (Å²) in [6, 6.07) is 2.17. The van der Waals surface area contributed by atoms with E-state index in [1.54, 1.807) is 0 Å². The van der Waals surface area contributed by atoms with Gasteiger partial charge in [0.05, 0.1) is 6.10 Å². The van der Waals surface area contributed by atoms with Gasteiger partial charge in [0.2, 0.25) is 0 Å². The first kappa shape index (κ1) is 8.21. The van der Waals surface area contributed by atoms with E-state index in [0.717, 1.165) is 18.9 Å². The van der Waals surface area contributed by atoms with Crippen molar-refractivity contribution in [1.82, 2.24) is 10.2 Å². The summed E-state index contributed by atoms with van der Waals surface area (Å²) in [6.07, 6.45) is 4.66. The molecule has 0 radical (unpaired) electrons. The van der Waals surface area contributed by atoms with Gasteiger partial charge in [0.1, 0.15) is 0 Å². The fourth-order valence-electron chi connectivity index (χ4n) is 3.27. The lowest BCUT2D eigenvalue weighted by molar-refractivity contribution is -0.00325.